The predicted molar refractivity (Wildman–Crippen MR) is 101 cm³/mol. The van der Waals surface area contributed by atoms with Crippen LogP contribution in [0, 0.1) is 6.92 Å². The molecule has 0 bridgehead atoms. The number of hydrogen-bond donors (Lipinski definition) is 0. The van der Waals surface area contributed by atoms with Gasteiger partial charge in [-0.2, -0.15) is 0 Å². The molecule has 0 saturated heterocycles. The Morgan fingerprint density at radius 3 is 2.00 bits per heavy atom. The first kappa shape index (κ1) is 15.6. The maximum Gasteiger partial charge on any atom is 0.0593 e. The maximum atomic E-state index is 2.37. The van der Waals surface area contributed by atoms with Crippen LogP contribution in [0.3, 0.4) is 0 Å². The van der Waals surface area contributed by atoms with E-state index >= 15 is 0 Å². The molecule has 0 saturated carbocycles. The lowest BCUT2D eigenvalue weighted by Crippen LogP contribution is -2.43. The summed E-state index contributed by atoms with van der Waals surface area (Å²) in [5, 5.41) is 0. The normalized spacial score (nSPS) is 20.3. The first-order chi connectivity index (χ1) is 11.0. The Labute approximate surface area is 140 Å². The van der Waals surface area contributed by atoms with E-state index in [0.29, 0.717) is 0 Å². The van der Waals surface area contributed by atoms with E-state index in [1.54, 1.807) is 0 Å². The molecule has 0 aliphatic heterocycles. The smallest absolute Gasteiger partial charge is 0.0593 e. The molecule has 1 unspecified atom stereocenters. The van der Waals surface area contributed by atoms with Crippen LogP contribution >= 0.6 is 0 Å². The van der Waals surface area contributed by atoms with Gasteiger partial charge in [0.15, 0.2) is 0 Å². The number of nitrogens with zero attached hydrogens (tertiary/aromatic N) is 1. The minimum Gasteiger partial charge on any atom is -0.365 e. The molecule has 3 rings (SSSR count). The summed E-state index contributed by atoms with van der Waals surface area (Å²) in [6.07, 6.45) is 7.75. The molecule has 0 aromatic heterocycles. The summed E-state index contributed by atoms with van der Waals surface area (Å²) >= 11 is 0. The number of benzene rings is 2. The largest absolute Gasteiger partial charge is 0.365 e. The fraction of sp³-hybridized carbons (Fsp3) is 0.273. The van der Waals surface area contributed by atoms with E-state index in [-0.39, 0.29) is 5.54 Å². The van der Waals surface area contributed by atoms with Crippen molar-refractivity contribution in [1.29, 1.82) is 0 Å². The second kappa shape index (κ2) is 6.08. The van der Waals surface area contributed by atoms with Crippen LogP contribution in [0.2, 0.25) is 0 Å². The molecule has 1 aliphatic rings. The molecule has 1 nitrogen and oxygen atoms in total. The highest BCUT2D eigenvalue weighted by atomic mass is 15.2. The Balaban J connectivity index is 1.83. The highest BCUT2D eigenvalue weighted by Crippen LogP contribution is 2.32. The van der Waals surface area contributed by atoms with E-state index in [9.17, 15) is 0 Å². The van der Waals surface area contributed by atoms with Crippen molar-refractivity contribution in [2.45, 2.75) is 32.7 Å². The summed E-state index contributed by atoms with van der Waals surface area (Å²) in [5.74, 6) is 0. The van der Waals surface area contributed by atoms with Gasteiger partial charge in [0.05, 0.1) is 5.54 Å². The molecule has 1 aliphatic carbocycles. The SMILES string of the molecule is CC1=CC=CC(C)(N(C)c2ccc(-c3ccc(C)cc3)cc2)C1. The number of hydrogen-bond acceptors (Lipinski definition) is 1. The van der Waals surface area contributed by atoms with Crippen molar-refractivity contribution in [2.24, 2.45) is 0 Å². The van der Waals surface area contributed by atoms with Crippen LogP contribution in [0.1, 0.15) is 25.8 Å². The predicted octanol–water partition coefficient (Wildman–Crippen LogP) is 5.76. The third-order valence-electron chi connectivity index (χ3n) is 4.88. The van der Waals surface area contributed by atoms with Gasteiger partial charge in [-0.05, 0) is 50.5 Å². The van der Waals surface area contributed by atoms with Crippen molar-refractivity contribution < 1.29 is 0 Å². The highest BCUT2D eigenvalue weighted by molar-refractivity contribution is 5.67. The monoisotopic (exact) mass is 303 g/mol. The van der Waals surface area contributed by atoms with Gasteiger partial charge in [-0.25, -0.2) is 0 Å². The van der Waals surface area contributed by atoms with Crippen molar-refractivity contribution in [1.82, 2.24) is 0 Å². The lowest BCUT2D eigenvalue weighted by atomic mass is 9.87. The first-order valence-electron chi connectivity index (χ1n) is 8.24. The summed E-state index contributed by atoms with van der Waals surface area (Å²) < 4.78 is 0. The number of allylic oxidation sites excluding steroid dienone is 2. The van der Waals surface area contributed by atoms with Crippen LogP contribution in [-0.4, -0.2) is 12.6 Å². The minimum absolute atomic E-state index is 0.0458. The summed E-state index contributed by atoms with van der Waals surface area (Å²) in [5.41, 5.74) is 6.56. The molecule has 2 aromatic carbocycles. The first-order valence-corrected chi connectivity index (χ1v) is 8.24. The van der Waals surface area contributed by atoms with Gasteiger partial charge in [-0.1, -0.05) is 65.8 Å². The topological polar surface area (TPSA) is 3.24 Å². The van der Waals surface area contributed by atoms with Gasteiger partial charge >= 0.3 is 0 Å². The quantitative estimate of drug-likeness (QED) is 0.696. The molecule has 0 heterocycles. The van der Waals surface area contributed by atoms with Gasteiger partial charge in [0.25, 0.3) is 0 Å². The fourth-order valence-electron chi connectivity index (χ4n) is 3.25. The molecule has 2 aromatic rings. The zero-order chi connectivity index (χ0) is 16.4. The highest BCUT2D eigenvalue weighted by Gasteiger charge is 2.28. The zero-order valence-electron chi connectivity index (χ0n) is 14.5. The number of aryl methyl sites for hydroxylation is 1. The zero-order valence-corrected chi connectivity index (χ0v) is 14.5. The van der Waals surface area contributed by atoms with E-state index in [4.69, 9.17) is 0 Å². The Hall–Kier alpha value is -2.28. The molecule has 23 heavy (non-hydrogen) atoms. The average Bonchev–Trinajstić information content (AvgIpc) is 2.55. The van der Waals surface area contributed by atoms with Crippen molar-refractivity contribution >= 4 is 5.69 Å². The Bertz CT molecular complexity index is 735. The average molecular weight is 303 g/mol. The van der Waals surface area contributed by atoms with E-state index in [1.165, 1.54) is 28.0 Å². The van der Waals surface area contributed by atoms with Crippen molar-refractivity contribution in [3.05, 3.63) is 77.9 Å². The third kappa shape index (κ3) is 3.24. The van der Waals surface area contributed by atoms with Crippen LogP contribution in [0.25, 0.3) is 11.1 Å². The third-order valence-corrected chi connectivity index (χ3v) is 4.88. The van der Waals surface area contributed by atoms with Gasteiger partial charge in [0.2, 0.25) is 0 Å². The van der Waals surface area contributed by atoms with Crippen LogP contribution in [0.5, 0.6) is 0 Å². The van der Waals surface area contributed by atoms with Gasteiger partial charge in [0, 0.05) is 12.7 Å². The number of likely N-dealkylation sites (N-methyl/N-ethyl adjacent to an activating group) is 1. The second-order valence-electron chi connectivity index (χ2n) is 6.88. The second-order valence-corrected chi connectivity index (χ2v) is 6.88. The van der Waals surface area contributed by atoms with Crippen LogP contribution in [0.4, 0.5) is 5.69 Å². The summed E-state index contributed by atoms with van der Waals surface area (Å²) in [6.45, 7) is 6.63. The van der Waals surface area contributed by atoms with E-state index in [0.717, 1.165) is 6.42 Å². The standard InChI is InChI=1S/C22H25N/c1-17-7-9-19(10-8-17)20-11-13-21(14-12-20)23(4)22(3)15-5-6-18(2)16-22/h5-15H,16H2,1-4H3. The van der Waals surface area contributed by atoms with E-state index < -0.39 is 0 Å². The van der Waals surface area contributed by atoms with Crippen molar-refractivity contribution in [3.8, 4) is 11.1 Å². The molecule has 1 atom stereocenters. The Morgan fingerprint density at radius 1 is 0.870 bits per heavy atom. The molecule has 0 fully saturated rings. The number of rotatable bonds is 3. The van der Waals surface area contributed by atoms with Crippen molar-refractivity contribution in [3.63, 3.8) is 0 Å². The van der Waals surface area contributed by atoms with Crippen LogP contribution in [-0.2, 0) is 0 Å². The summed E-state index contributed by atoms with van der Waals surface area (Å²) in [4.78, 5) is 2.37. The molecular formula is C22H25N. The minimum atomic E-state index is 0.0458. The molecule has 0 amide bonds. The molecule has 0 radical (unpaired) electrons. The molecular weight excluding hydrogens is 278 g/mol. The van der Waals surface area contributed by atoms with Crippen molar-refractivity contribution in [2.75, 3.05) is 11.9 Å². The lowest BCUT2D eigenvalue weighted by Gasteiger charge is -2.40. The van der Waals surface area contributed by atoms with Crippen LogP contribution in [0.15, 0.2) is 72.3 Å². The molecule has 118 valence electrons. The summed E-state index contributed by atoms with van der Waals surface area (Å²) in [7, 11) is 2.18. The summed E-state index contributed by atoms with van der Waals surface area (Å²) in [6, 6.07) is 17.6. The number of anilines is 1. The Kier molecular flexibility index (Phi) is 4.12. The van der Waals surface area contributed by atoms with Crippen LogP contribution < -0.4 is 4.90 Å². The fourth-order valence-corrected chi connectivity index (χ4v) is 3.25. The van der Waals surface area contributed by atoms with E-state index in [2.05, 4.69) is 99.5 Å². The molecule has 1 heteroatoms. The van der Waals surface area contributed by atoms with Gasteiger partial charge in [0.1, 0.15) is 0 Å². The maximum absolute atomic E-state index is 2.37. The Morgan fingerprint density at radius 2 is 1.43 bits per heavy atom. The van der Waals surface area contributed by atoms with Gasteiger partial charge < -0.3 is 4.90 Å². The van der Waals surface area contributed by atoms with Gasteiger partial charge in [-0.3, -0.25) is 0 Å². The van der Waals surface area contributed by atoms with E-state index in [1.807, 2.05) is 0 Å². The lowest BCUT2D eigenvalue weighted by molar-refractivity contribution is 0.535. The molecule has 0 spiro atoms. The molecule has 0 N–H and O–H groups in total. The van der Waals surface area contributed by atoms with Gasteiger partial charge in [-0.15, -0.1) is 0 Å².